The summed E-state index contributed by atoms with van der Waals surface area (Å²) in [6.07, 6.45) is 0. The molecule has 6 heteroatoms. The van der Waals surface area contributed by atoms with Crippen molar-refractivity contribution in [3.05, 3.63) is 29.8 Å². The van der Waals surface area contributed by atoms with E-state index in [-0.39, 0.29) is 0 Å². The van der Waals surface area contributed by atoms with E-state index in [0.29, 0.717) is 0 Å². The van der Waals surface area contributed by atoms with Crippen LogP contribution >= 0.6 is 0 Å². The van der Waals surface area contributed by atoms with E-state index < -0.39 is 34.9 Å². The minimum absolute atomic E-state index is 0.530. The monoisotopic (exact) mass is 240 g/mol. The molecule has 0 radical (unpaired) electrons. The van der Waals surface area contributed by atoms with E-state index in [2.05, 4.69) is 10.2 Å². The minimum atomic E-state index is -1.31. The van der Waals surface area contributed by atoms with Gasteiger partial charge in [-0.15, -0.1) is 5.11 Å². The number of hydrogen-bond donors (Lipinski definition) is 0. The first-order chi connectivity index (χ1) is 7.93. The van der Waals surface area contributed by atoms with Crippen molar-refractivity contribution >= 4 is 17.3 Å². The van der Waals surface area contributed by atoms with Crippen molar-refractivity contribution in [1.29, 1.82) is 0 Å². The van der Waals surface area contributed by atoms with E-state index in [1.807, 2.05) is 0 Å². The second-order valence-corrected chi connectivity index (χ2v) is 3.41. The highest BCUT2D eigenvalue weighted by Gasteiger charge is 2.19. The SMILES string of the molecule is CC(=O)C(N=Nc1c(F)cccc1F)C(C)=O. The summed E-state index contributed by atoms with van der Waals surface area (Å²) in [7, 11) is 0. The van der Waals surface area contributed by atoms with Crippen LogP contribution < -0.4 is 0 Å². The molecule has 0 aliphatic heterocycles. The second kappa shape index (κ2) is 5.38. The lowest BCUT2D eigenvalue weighted by atomic mass is 10.1. The number of carbonyl (C=O) groups excluding carboxylic acids is 2. The molecule has 0 bridgehead atoms. The van der Waals surface area contributed by atoms with Gasteiger partial charge >= 0.3 is 0 Å². The van der Waals surface area contributed by atoms with E-state index in [9.17, 15) is 18.4 Å². The molecule has 0 saturated heterocycles. The molecule has 0 saturated carbocycles. The van der Waals surface area contributed by atoms with Crippen LogP contribution in [0.1, 0.15) is 13.8 Å². The van der Waals surface area contributed by atoms with Crippen LogP contribution in [0.3, 0.4) is 0 Å². The Kier molecular flexibility index (Phi) is 4.14. The summed E-state index contributed by atoms with van der Waals surface area (Å²) in [5, 5.41) is 6.64. The molecule has 0 heterocycles. The average molecular weight is 240 g/mol. The van der Waals surface area contributed by atoms with E-state index in [1.165, 1.54) is 6.07 Å². The molecule has 0 N–H and O–H groups in total. The molecule has 0 aliphatic rings. The van der Waals surface area contributed by atoms with Crippen molar-refractivity contribution < 1.29 is 18.4 Å². The molecular weight excluding hydrogens is 230 g/mol. The molecule has 0 unspecified atom stereocenters. The first-order valence-corrected chi connectivity index (χ1v) is 4.79. The molecule has 90 valence electrons. The van der Waals surface area contributed by atoms with Gasteiger partial charge in [-0.1, -0.05) is 6.07 Å². The zero-order valence-electron chi connectivity index (χ0n) is 9.28. The molecule has 0 spiro atoms. The molecule has 4 nitrogen and oxygen atoms in total. The lowest BCUT2D eigenvalue weighted by molar-refractivity contribution is -0.126. The molecule has 0 fully saturated rings. The fourth-order valence-electron chi connectivity index (χ4n) is 1.15. The van der Waals surface area contributed by atoms with Gasteiger partial charge in [0.15, 0.2) is 34.9 Å². The number of halogens is 2. The highest BCUT2D eigenvalue weighted by Crippen LogP contribution is 2.22. The van der Waals surface area contributed by atoms with E-state index >= 15 is 0 Å². The Balaban J connectivity index is 3.04. The second-order valence-electron chi connectivity index (χ2n) is 3.41. The number of azo groups is 1. The van der Waals surface area contributed by atoms with Gasteiger partial charge in [-0.05, 0) is 26.0 Å². The number of rotatable bonds is 4. The Morgan fingerprint density at radius 2 is 1.59 bits per heavy atom. The molecule has 1 aromatic rings. The number of nitrogens with zero attached hydrogens (tertiary/aromatic N) is 2. The maximum Gasteiger partial charge on any atom is 0.187 e. The van der Waals surface area contributed by atoms with Gasteiger partial charge in [-0.3, -0.25) is 9.59 Å². The van der Waals surface area contributed by atoms with E-state index in [1.54, 1.807) is 0 Å². The fourth-order valence-corrected chi connectivity index (χ4v) is 1.15. The predicted molar refractivity (Wildman–Crippen MR) is 56.0 cm³/mol. The van der Waals surface area contributed by atoms with Crippen LogP contribution in [0.15, 0.2) is 28.4 Å². The summed E-state index contributed by atoms with van der Waals surface area (Å²) in [6.45, 7) is 2.31. The van der Waals surface area contributed by atoms with Crippen LogP contribution in [-0.2, 0) is 9.59 Å². The third-order valence-electron chi connectivity index (χ3n) is 1.98. The van der Waals surface area contributed by atoms with Crippen LogP contribution in [0.4, 0.5) is 14.5 Å². The highest BCUT2D eigenvalue weighted by atomic mass is 19.1. The average Bonchev–Trinajstić information content (AvgIpc) is 2.21. The maximum atomic E-state index is 13.1. The van der Waals surface area contributed by atoms with Crippen molar-refractivity contribution in [3.63, 3.8) is 0 Å². The zero-order valence-corrected chi connectivity index (χ0v) is 9.28. The summed E-state index contributed by atoms with van der Waals surface area (Å²) in [5.74, 6) is -2.87. The molecule has 0 aliphatic carbocycles. The fraction of sp³-hybridized carbons (Fsp3) is 0.273. The number of benzene rings is 1. The predicted octanol–water partition coefficient (Wildman–Crippen LogP) is 2.60. The van der Waals surface area contributed by atoms with Gasteiger partial charge in [0.1, 0.15) is 0 Å². The summed E-state index contributed by atoms with van der Waals surface area (Å²) in [4.78, 5) is 22.0. The van der Waals surface area contributed by atoms with Crippen LogP contribution in [0.2, 0.25) is 0 Å². The largest absolute Gasteiger partial charge is 0.297 e. The number of hydrogen-bond acceptors (Lipinski definition) is 4. The Morgan fingerprint density at radius 1 is 1.12 bits per heavy atom. The van der Waals surface area contributed by atoms with Crippen LogP contribution in [0, 0.1) is 11.6 Å². The molecule has 17 heavy (non-hydrogen) atoms. The van der Waals surface area contributed by atoms with Gasteiger partial charge in [-0.2, -0.15) is 5.11 Å². The summed E-state index contributed by atoms with van der Waals surface area (Å²) >= 11 is 0. The molecule has 0 atom stereocenters. The smallest absolute Gasteiger partial charge is 0.187 e. The van der Waals surface area contributed by atoms with E-state index in [0.717, 1.165) is 26.0 Å². The lowest BCUT2D eigenvalue weighted by Gasteiger charge is -2.02. The first kappa shape index (κ1) is 13.1. The molecule has 0 aromatic heterocycles. The minimum Gasteiger partial charge on any atom is -0.297 e. The van der Waals surface area contributed by atoms with Crippen molar-refractivity contribution in [2.24, 2.45) is 10.2 Å². The quantitative estimate of drug-likeness (QED) is 0.600. The third kappa shape index (κ3) is 3.24. The van der Waals surface area contributed by atoms with Gasteiger partial charge in [0.2, 0.25) is 0 Å². The standard InChI is InChI=1S/C11H10F2N2O2/c1-6(16)10(7(2)17)14-15-11-8(12)4-3-5-9(11)13/h3-5,10H,1-2H3. The molecule has 1 aromatic carbocycles. The van der Waals surface area contributed by atoms with Crippen molar-refractivity contribution in [3.8, 4) is 0 Å². The molecule has 1 rings (SSSR count). The van der Waals surface area contributed by atoms with Gasteiger partial charge < -0.3 is 0 Å². The van der Waals surface area contributed by atoms with Gasteiger partial charge in [-0.25, -0.2) is 8.78 Å². The number of Topliss-reactive ketones (excluding diaryl/α,β-unsaturated/α-hetero) is 2. The van der Waals surface area contributed by atoms with Crippen LogP contribution in [0.5, 0.6) is 0 Å². The Bertz CT molecular complexity index is 452. The van der Waals surface area contributed by atoms with Gasteiger partial charge in [0.25, 0.3) is 0 Å². The maximum absolute atomic E-state index is 13.1. The van der Waals surface area contributed by atoms with Gasteiger partial charge in [0.05, 0.1) is 0 Å². The summed E-state index contributed by atoms with van der Waals surface area (Å²) in [6, 6.07) is 1.88. The van der Waals surface area contributed by atoms with Crippen molar-refractivity contribution in [2.75, 3.05) is 0 Å². The topological polar surface area (TPSA) is 58.9 Å². The third-order valence-corrected chi connectivity index (χ3v) is 1.98. The van der Waals surface area contributed by atoms with Crippen LogP contribution in [-0.4, -0.2) is 17.6 Å². The lowest BCUT2D eigenvalue weighted by Crippen LogP contribution is -2.23. The highest BCUT2D eigenvalue weighted by molar-refractivity contribution is 6.04. The van der Waals surface area contributed by atoms with Crippen LogP contribution in [0.25, 0.3) is 0 Å². The van der Waals surface area contributed by atoms with E-state index in [4.69, 9.17) is 0 Å². The number of carbonyl (C=O) groups is 2. The Morgan fingerprint density at radius 3 is 2.00 bits per heavy atom. The Hall–Kier alpha value is -1.98. The molecular formula is C11H10F2N2O2. The van der Waals surface area contributed by atoms with Crippen molar-refractivity contribution in [1.82, 2.24) is 0 Å². The normalized spacial score (nSPS) is 11.1. The number of ketones is 2. The molecule has 0 amide bonds. The first-order valence-electron chi connectivity index (χ1n) is 4.79. The zero-order chi connectivity index (χ0) is 13.0. The summed E-state index contributed by atoms with van der Waals surface area (Å²) in [5.41, 5.74) is -0.611. The van der Waals surface area contributed by atoms with Gasteiger partial charge in [0, 0.05) is 0 Å². The van der Waals surface area contributed by atoms with Crippen molar-refractivity contribution in [2.45, 2.75) is 19.9 Å². The summed E-state index contributed by atoms with van der Waals surface area (Å²) < 4.78 is 26.3. The Labute approximate surface area is 96.4 Å².